The molecule has 0 bridgehead atoms. The van der Waals surface area contributed by atoms with Gasteiger partial charge in [-0.2, -0.15) is 0 Å². The van der Waals surface area contributed by atoms with Crippen molar-refractivity contribution in [2.75, 3.05) is 53.6 Å². The molecule has 10 nitrogen and oxygen atoms in total. The summed E-state index contributed by atoms with van der Waals surface area (Å²) < 4.78 is 23.3. The predicted octanol–water partition coefficient (Wildman–Crippen LogP) is 13.8. The van der Waals surface area contributed by atoms with Crippen molar-refractivity contribution in [2.45, 2.75) is 260 Å². The third-order valence-corrected chi connectivity index (χ3v) is 14.1. The van der Waals surface area contributed by atoms with Gasteiger partial charge in [-0.3, -0.25) is 24.1 Å². The first-order chi connectivity index (χ1) is 31.6. The molecular formula is C56H106N2O8. The number of hydrogen-bond donors (Lipinski definition) is 0. The Morgan fingerprint density at radius 3 is 1.42 bits per heavy atom. The van der Waals surface area contributed by atoms with Crippen LogP contribution < -0.4 is 0 Å². The van der Waals surface area contributed by atoms with Gasteiger partial charge >= 0.3 is 23.9 Å². The van der Waals surface area contributed by atoms with Gasteiger partial charge in [0.25, 0.3) is 0 Å². The van der Waals surface area contributed by atoms with Gasteiger partial charge in [-0.15, -0.1) is 0 Å². The van der Waals surface area contributed by atoms with E-state index in [2.05, 4.69) is 32.6 Å². The monoisotopic (exact) mass is 935 g/mol. The van der Waals surface area contributed by atoms with Gasteiger partial charge in [0, 0.05) is 19.5 Å². The molecule has 10 heteroatoms. The second-order valence-corrected chi connectivity index (χ2v) is 21.7. The highest BCUT2D eigenvalue weighted by Crippen LogP contribution is 2.30. The minimum atomic E-state index is -0.584. The minimum Gasteiger partial charge on any atom is -0.465 e. The molecule has 0 aromatic rings. The second kappa shape index (κ2) is 37.7. The zero-order valence-electron chi connectivity index (χ0n) is 44.9. The number of carbonyl (C=O) groups is 4. The molecule has 388 valence electrons. The van der Waals surface area contributed by atoms with E-state index in [1.165, 1.54) is 103 Å². The van der Waals surface area contributed by atoms with Gasteiger partial charge in [0.2, 0.25) is 0 Å². The molecule has 0 N–H and O–H groups in total. The normalized spacial score (nSPS) is 15.8. The highest BCUT2D eigenvalue weighted by molar-refractivity contribution is 5.77. The van der Waals surface area contributed by atoms with Crippen molar-refractivity contribution in [1.82, 2.24) is 9.80 Å². The summed E-state index contributed by atoms with van der Waals surface area (Å²) in [4.78, 5) is 56.4. The van der Waals surface area contributed by atoms with Crippen LogP contribution in [0.5, 0.6) is 0 Å². The second-order valence-electron chi connectivity index (χ2n) is 21.7. The van der Waals surface area contributed by atoms with Crippen LogP contribution in [0.4, 0.5) is 0 Å². The fourth-order valence-corrected chi connectivity index (χ4v) is 9.44. The first kappa shape index (κ1) is 61.8. The van der Waals surface area contributed by atoms with Crippen molar-refractivity contribution in [3.63, 3.8) is 0 Å². The molecule has 1 aliphatic rings. The molecule has 0 radical (unpaired) electrons. The van der Waals surface area contributed by atoms with E-state index in [0.29, 0.717) is 58.7 Å². The van der Waals surface area contributed by atoms with Crippen molar-refractivity contribution < 1.29 is 38.1 Å². The Hall–Kier alpha value is -2.20. The number of unbranched alkanes of at least 4 members (excludes halogenated alkanes) is 12. The Morgan fingerprint density at radius 2 is 0.970 bits per heavy atom. The Bertz CT molecular complexity index is 1230. The lowest BCUT2D eigenvalue weighted by Crippen LogP contribution is -2.38. The van der Waals surface area contributed by atoms with Crippen LogP contribution in [0.1, 0.15) is 248 Å². The Labute approximate surface area is 406 Å². The van der Waals surface area contributed by atoms with Crippen LogP contribution in [-0.2, 0) is 38.1 Å². The molecule has 2 atom stereocenters. The van der Waals surface area contributed by atoms with Gasteiger partial charge < -0.3 is 23.8 Å². The molecule has 0 saturated carbocycles. The summed E-state index contributed by atoms with van der Waals surface area (Å²) in [5.74, 6) is 0.738. The van der Waals surface area contributed by atoms with E-state index in [0.717, 1.165) is 82.5 Å². The topological polar surface area (TPSA) is 112 Å². The smallest absolute Gasteiger partial charge is 0.323 e. The zero-order valence-corrected chi connectivity index (χ0v) is 44.9. The molecule has 0 amide bonds. The van der Waals surface area contributed by atoms with E-state index < -0.39 is 16.9 Å². The SMILES string of the molecule is CCCCCC(CCCCC)CCCOC(=O)C(C)(C)CCCCCCOC(=O)[C@@H]1C[C@H](OC(=O)CCN(C)C)CN1CCCCC(C)(C)C(=O)OCCCC(CCCCC)CCCCC. The Balaban J connectivity index is 2.55. The van der Waals surface area contributed by atoms with E-state index in [4.69, 9.17) is 18.9 Å². The summed E-state index contributed by atoms with van der Waals surface area (Å²) in [7, 11) is 3.86. The molecule has 0 aliphatic carbocycles. The number of hydrogen-bond acceptors (Lipinski definition) is 10. The molecule has 1 rings (SSSR count). The van der Waals surface area contributed by atoms with Crippen LogP contribution in [0.3, 0.4) is 0 Å². The van der Waals surface area contributed by atoms with Crippen LogP contribution in [0, 0.1) is 22.7 Å². The average molecular weight is 935 g/mol. The van der Waals surface area contributed by atoms with Crippen molar-refractivity contribution in [3.8, 4) is 0 Å². The van der Waals surface area contributed by atoms with Crippen LogP contribution in [0.25, 0.3) is 0 Å². The first-order valence-corrected chi connectivity index (χ1v) is 27.7. The molecule has 1 aliphatic heterocycles. The van der Waals surface area contributed by atoms with Crippen LogP contribution in [0.15, 0.2) is 0 Å². The lowest BCUT2D eigenvalue weighted by Gasteiger charge is -2.25. The molecule has 0 spiro atoms. The lowest BCUT2D eigenvalue weighted by atomic mass is 9.87. The Kier molecular flexibility index (Phi) is 35.3. The van der Waals surface area contributed by atoms with Gasteiger partial charge in [-0.05, 0) is 112 Å². The number of carbonyl (C=O) groups excluding carboxylic acids is 4. The molecular weight excluding hydrogens is 829 g/mol. The fraction of sp³-hybridized carbons (Fsp3) is 0.929. The third kappa shape index (κ3) is 29.6. The quantitative estimate of drug-likeness (QED) is 0.0333. The number of rotatable bonds is 43. The molecule has 0 aromatic heterocycles. The largest absolute Gasteiger partial charge is 0.465 e. The van der Waals surface area contributed by atoms with Gasteiger partial charge in [0.05, 0.1) is 37.1 Å². The third-order valence-electron chi connectivity index (χ3n) is 14.1. The maximum atomic E-state index is 13.5. The number of nitrogens with zero attached hydrogens (tertiary/aromatic N) is 2. The van der Waals surface area contributed by atoms with E-state index in [1.54, 1.807) is 0 Å². The summed E-state index contributed by atoms with van der Waals surface area (Å²) in [6, 6.07) is -0.470. The zero-order chi connectivity index (χ0) is 49.1. The molecule has 1 saturated heterocycles. The summed E-state index contributed by atoms with van der Waals surface area (Å²) in [6.07, 6.45) is 31.7. The molecule has 0 aromatic carbocycles. The van der Waals surface area contributed by atoms with E-state index in [-0.39, 0.29) is 30.0 Å². The molecule has 0 unspecified atom stereocenters. The number of ether oxygens (including phenoxy) is 4. The maximum absolute atomic E-state index is 13.5. The molecule has 1 heterocycles. The van der Waals surface area contributed by atoms with Gasteiger partial charge in [0.1, 0.15) is 12.1 Å². The highest BCUT2D eigenvalue weighted by atomic mass is 16.6. The van der Waals surface area contributed by atoms with Gasteiger partial charge in [0.15, 0.2) is 0 Å². The number of likely N-dealkylation sites (tertiary alicyclic amines) is 1. The van der Waals surface area contributed by atoms with Crippen LogP contribution in [-0.4, -0.2) is 99.4 Å². The minimum absolute atomic E-state index is 0.0981. The number of esters is 4. The Morgan fingerprint density at radius 1 is 0.545 bits per heavy atom. The highest BCUT2D eigenvalue weighted by Gasteiger charge is 2.39. The average Bonchev–Trinajstić information content (AvgIpc) is 3.68. The van der Waals surface area contributed by atoms with Gasteiger partial charge in [-0.25, -0.2) is 0 Å². The molecule has 66 heavy (non-hydrogen) atoms. The van der Waals surface area contributed by atoms with Crippen molar-refractivity contribution in [2.24, 2.45) is 22.7 Å². The standard InChI is InChI=1S/C56H106N2O8/c1-11-15-21-31-47(32-22-16-12-2)35-29-43-64-53(61)55(5,6)38-25-19-20-28-42-63-52(60)50-45-49(66-51(59)37-41-57(9)10)46-58(50)40-27-26-39-56(7,8)54(62)65-44-30-36-48(33-23-17-13-3)34-24-18-14-4/h47-50H,11-46H2,1-10H3/t49-,50-/m0/s1. The predicted molar refractivity (Wildman–Crippen MR) is 272 cm³/mol. The van der Waals surface area contributed by atoms with Gasteiger partial charge in [-0.1, -0.05) is 156 Å². The maximum Gasteiger partial charge on any atom is 0.323 e. The summed E-state index contributed by atoms with van der Waals surface area (Å²) >= 11 is 0. The van der Waals surface area contributed by atoms with Crippen molar-refractivity contribution in [1.29, 1.82) is 0 Å². The molecule has 1 fully saturated rings. The van der Waals surface area contributed by atoms with Crippen molar-refractivity contribution in [3.05, 3.63) is 0 Å². The van der Waals surface area contributed by atoms with Crippen LogP contribution in [0.2, 0.25) is 0 Å². The van der Waals surface area contributed by atoms with Crippen LogP contribution >= 0.6 is 0 Å². The summed E-state index contributed by atoms with van der Waals surface area (Å²) in [6.45, 7) is 20.1. The van der Waals surface area contributed by atoms with E-state index >= 15 is 0 Å². The fourth-order valence-electron chi connectivity index (χ4n) is 9.44. The first-order valence-electron chi connectivity index (χ1n) is 27.7. The van der Waals surface area contributed by atoms with E-state index in [1.807, 2.05) is 46.7 Å². The van der Waals surface area contributed by atoms with E-state index in [9.17, 15) is 19.2 Å². The summed E-state index contributed by atoms with van der Waals surface area (Å²) in [5, 5.41) is 0. The lowest BCUT2D eigenvalue weighted by molar-refractivity contribution is -0.155. The summed E-state index contributed by atoms with van der Waals surface area (Å²) in [5.41, 5.74) is -1.10. The van der Waals surface area contributed by atoms with Crippen molar-refractivity contribution >= 4 is 23.9 Å².